The molecule has 0 unspecified atom stereocenters. The summed E-state index contributed by atoms with van der Waals surface area (Å²) in [5.41, 5.74) is 3.56. The Kier molecular flexibility index (Phi) is 13.6. The summed E-state index contributed by atoms with van der Waals surface area (Å²) < 4.78 is 7.14. The molecule has 26 nitrogen and oxygen atoms in total. The summed E-state index contributed by atoms with van der Waals surface area (Å²) in [6.45, 7) is -0.528. The zero-order chi connectivity index (χ0) is 47.6. The molecule has 0 radical (unpaired) electrons. The molecule has 12 N–H and O–H groups in total. The molecule has 6 heterocycles. The van der Waals surface area contributed by atoms with Gasteiger partial charge in [-0.05, 0) is 38.5 Å². The average Bonchev–Trinajstić information content (AvgIpc) is 4.21. The molecule has 68 heavy (non-hydrogen) atoms. The Morgan fingerprint density at radius 2 is 1.00 bits per heavy atom. The lowest BCUT2D eigenvalue weighted by molar-refractivity contribution is -0.126. The van der Waals surface area contributed by atoms with Crippen molar-refractivity contribution in [3.8, 4) is 0 Å². The number of rotatable bonds is 18. The Balaban J connectivity index is 0.926. The third kappa shape index (κ3) is 9.86. The topological polar surface area (TPSA) is 351 Å². The van der Waals surface area contributed by atoms with E-state index in [1.807, 2.05) is 35.6 Å². The van der Waals surface area contributed by atoms with Crippen molar-refractivity contribution >= 4 is 57.7 Å². The highest BCUT2D eigenvalue weighted by molar-refractivity contribution is 5.86. The number of hydrogen-bond acceptors (Lipinski definition) is 20. The number of imidazole rings is 4. The molecule has 26 heteroatoms. The van der Waals surface area contributed by atoms with E-state index in [2.05, 4.69) is 51.8 Å². The van der Waals surface area contributed by atoms with Gasteiger partial charge in [0.2, 0.25) is 23.7 Å². The fourth-order valence-corrected chi connectivity index (χ4v) is 9.60. The van der Waals surface area contributed by atoms with Crippen molar-refractivity contribution in [1.82, 2.24) is 68.8 Å². The zero-order valence-corrected chi connectivity index (χ0v) is 37.6. The van der Waals surface area contributed by atoms with E-state index in [-0.39, 0.29) is 24.9 Å². The van der Waals surface area contributed by atoms with Crippen molar-refractivity contribution in [3.05, 3.63) is 49.1 Å². The molecule has 2 amide bonds. The Hall–Kier alpha value is -6.58. The lowest BCUT2D eigenvalue weighted by Gasteiger charge is -2.30. The molecule has 0 spiro atoms. The molecule has 0 aliphatic heterocycles. The van der Waals surface area contributed by atoms with Crippen molar-refractivity contribution in [2.75, 3.05) is 47.6 Å². The smallest absolute Gasteiger partial charge is 0.246 e. The molecule has 3 aliphatic carbocycles. The highest BCUT2D eigenvalue weighted by Crippen LogP contribution is 2.37. The van der Waals surface area contributed by atoms with Crippen LogP contribution in [0.2, 0.25) is 0 Å². The summed E-state index contributed by atoms with van der Waals surface area (Å²) in [5, 5.41) is 81.6. The van der Waals surface area contributed by atoms with Crippen molar-refractivity contribution in [1.29, 1.82) is 0 Å². The van der Waals surface area contributed by atoms with Gasteiger partial charge in [0.1, 0.15) is 37.6 Å². The molecule has 0 bridgehead atoms. The fraction of sp³-hybridized carbons (Fsp3) is 0.571. The minimum Gasteiger partial charge on any atom is -0.388 e. The Morgan fingerprint density at radius 1 is 0.588 bits per heavy atom. The largest absolute Gasteiger partial charge is 0.388 e. The molecule has 3 saturated carbocycles. The maximum atomic E-state index is 12.0. The first-order valence-corrected chi connectivity index (χ1v) is 22.8. The second kappa shape index (κ2) is 19.9. The number of aromatic nitrogens is 12. The number of aliphatic hydroxyl groups excluding tert-OH is 6. The number of aryl methyl sites for hydroxylation is 2. The van der Waals surface area contributed by atoms with Gasteiger partial charge in [0.15, 0.2) is 34.0 Å². The third-order valence-corrected chi connectivity index (χ3v) is 13.1. The van der Waals surface area contributed by atoms with E-state index in [1.54, 1.807) is 34.4 Å². The molecule has 3 aliphatic rings. The summed E-state index contributed by atoms with van der Waals surface area (Å²) in [6.07, 6.45) is 9.87. The van der Waals surface area contributed by atoms with Gasteiger partial charge in [-0.2, -0.15) is 19.9 Å². The van der Waals surface area contributed by atoms with Gasteiger partial charge in [-0.25, -0.2) is 19.9 Å². The lowest BCUT2D eigenvalue weighted by atomic mass is 9.91. The molecule has 6 aromatic rings. The van der Waals surface area contributed by atoms with Crippen LogP contribution in [0.5, 0.6) is 0 Å². The minimum absolute atomic E-state index is 0.0161. The first-order chi connectivity index (χ1) is 32.8. The lowest BCUT2D eigenvalue weighted by Crippen LogP contribution is -2.44. The number of nitrogens with zero attached hydrogens (tertiary/aromatic N) is 12. The maximum absolute atomic E-state index is 12.0. The van der Waals surface area contributed by atoms with Crippen LogP contribution in [0, 0.1) is 0 Å². The van der Waals surface area contributed by atoms with E-state index in [9.17, 15) is 40.2 Å². The minimum atomic E-state index is -1.28. The van der Waals surface area contributed by atoms with Crippen LogP contribution in [0.4, 0.5) is 23.5 Å². The third-order valence-electron chi connectivity index (χ3n) is 13.1. The van der Waals surface area contributed by atoms with Crippen LogP contribution in [-0.2, 0) is 36.5 Å². The van der Waals surface area contributed by atoms with Gasteiger partial charge in [0.25, 0.3) is 0 Å². The molecule has 0 saturated heterocycles. The van der Waals surface area contributed by atoms with E-state index >= 15 is 0 Å². The number of carbonyl (C=O) groups excluding carboxylic acids is 2. The Morgan fingerprint density at radius 3 is 1.37 bits per heavy atom. The van der Waals surface area contributed by atoms with Crippen LogP contribution < -0.4 is 31.9 Å². The highest BCUT2D eigenvalue weighted by atomic mass is 16.3. The Labute approximate surface area is 388 Å². The molecular formula is C42H58N18O8. The summed E-state index contributed by atoms with van der Waals surface area (Å²) >= 11 is 0. The standard InChI is InChI=1S/C42H58N18O8/c1-57-13-23(45-17-57)7-9-43-41-53-37(31-39(55-41)59(19-47-31)27-11-25(33(65)35(27)67)51-29(63)15-61)49-21-3-5-22(6-4-21)50-38-32-40(56-42(54-38)44-10-8-24-14-58(2)18-46-24)60(20-48-32)28-12-26(34(66)36(28)68)52-30(64)16-62/h13-14,17-22,25-28,33-36,61-62,65-68H,3-12,15-16H2,1-2H3,(H,51,63)(H,52,64)(H2,43,49,53,55)(H2,44,50,54,56)/t21?,22?,25-,26-,27+,28+,33+,34+,35-,36-/m0/s1. The second-order valence-electron chi connectivity index (χ2n) is 17.9. The predicted octanol–water partition coefficient (Wildman–Crippen LogP) is -2.14. The first-order valence-electron chi connectivity index (χ1n) is 22.8. The van der Waals surface area contributed by atoms with Crippen molar-refractivity contribution in [2.45, 2.75) is 112 Å². The molecule has 3 fully saturated rings. The zero-order valence-electron chi connectivity index (χ0n) is 37.6. The molecule has 0 aromatic carbocycles. The van der Waals surface area contributed by atoms with Crippen LogP contribution >= 0.6 is 0 Å². The van der Waals surface area contributed by atoms with E-state index in [4.69, 9.17) is 19.9 Å². The monoisotopic (exact) mass is 942 g/mol. The number of fused-ring (bicyclic) bond motifs is 2. The predicted molar refractivity (Wildman–Crippen MR) is 244 cm³/mol. The molecular weight excluding hydrogens is 885 g/mol. The van der Waals surface area contributed by atoms with Gasteiger partial charge < -0.3 is 80.8 Å². The van der Waals surface area contributed by atoms with Crippen LogP contribution in [0.1, 0.15) is 62.0 Å². The van der Waals surface area contributed by atoms with Gasteiger partial charge in [-0.1, -0.05) is 0 Å². The molecule has 9 rings (SSSR count). The maximum Gasteiger partial charge on any atom is 0.246 e. The summed E-state index contributed by atoms with van der Waals surface area (Å²) in [4.78, 5) is 61.5. The first kappa shape index (κ1) is 46.5. The van der Waals surface area contributed by atoms with Gasteiger partial charge in [0, 0.05) is 64.5 Å². The van der Waals surface area contributed by atoms with Crippen LogP contribution in [0.3, 0.4) is 0 Å². The Bertz CT molecular complexity index is 2530. The van der Waals surface area contributed by atoms with Crippen LogP contribution in [0.25, 0.3) is 22.3 Å². The summed E-state index contributed by atoms with van der Waals surface area (Å²) in [5.74, 6) is 0.322. The normalized spacial score (nSPS) is 26.1. The van der Waals surface area contributed by atoms with E-state index < -0.39 is 73.6 Å². The summed E-state index contributed by atoms with van der Waals surface area (Å²) in [7, 11) is 3.81. The van der Waals surface area contributed by atoms with Gasteiger partial charge in [0.05, 0.1) is 60.9 Å². The van der Waals surface area contributed by atoms with Gasteiger partial charge >= 0.3 is 0 Å². The number of aliphatic hydroxyl groups is 6. The second-order valence-corrected chi connectivity index (χ2v) is 17.9. The molecule has 8 atom stereocenters. The van der Waals surface area contributed by atoms with Crippen molar-refractivity contribution in [2.24, 2.45) is 14.1 Å². The van der Waals surface area contributed by atoms with E-state index in [1.165, 1.54) is 0 Å². The number of carbonyl (C=O) groups is 2. The van der Waals surface area contributed by atoms with E-state index in [0.29, 0.717) is 71.8 Å². The van der Waals surface area contributed by atoms with Crippen molar-refractivity contribution < 1.29 is 40.2 Å². The fourth-order valence-electron chi connectivity index (χ4n) is 9.60. The number of hydrogen-bond donors (Lipinski definition) is 12. The molecule has 364 valence electrons. The SMILES string of the molecule is Cn1cnc(CCNc2nc(NC3CCC(Nc4nc(NCCc5cn(C)cn5)nc5c4ncn5[C@@H]4C[C@H](NC(=O)CO)[C@@H](O)[C@H]4O)CC3)c3ncn([C@@H]4C[C@H](NC(=O)CO)[C@@H](O)[C@H]4O)c3n2)c1. The van der Waals surface area contributed by atoms with Crippen LogP contribution in [-0.4, -0.2) is 175 Å². The van der Waals surface area contributed by atoms with Crippen LogP contribution in [0.15, 0.2) is 37.7 Å². The number of amides is 2. The number of anilines is 4. The molecule has 6 aromatic heterocycles. The average molecular weight is 943 g/mol. The summed E-state index contributed by atoms with van der Waals surface area (Å²) in [6, 6.07) is -3.00. The number of nitrogens with one attached hydrogen (secondary N) is 6. The van der Waals surface area contributed by atoms with Gasteiger partial charge in [-0.15, -0.1) is 0 Å². The highest BCUT2D eigenvalue weighted by Gasteiger charge is 2.45. The van der Waals surface area contributed by atoms with Crippen molar-refractivity contribution in [3.63, 3.8) is 0 Å². The quantitative estimate of drug-likeness (QED) is 0.0438. The van der Waals surface area contributed by atoms with E-state index in [0.717, 1.165) is 37.1 Å². The van der Waals surface area contributed by atoms with Gasteiger partial charge in [-0.3, -0.25) is 9.59 Å².